The van der Waals surface area contributed by atoms with Crippen LogP contribution >= 0.6 is 0 Å². The Morgan fingerprint density at radius 2 is 1.42 bits per heavy atom. The van der Waals surface area contributed by atoms with Crippen LogP contribution in [0.3, 0.4) is 0 Å². The van der Waals surface area contributed by atoms with Crippen molar-refractivity contribution in [3.8, 4) is 0 Å². The zero-order valence-corrected chi connectivity index (χ0v) is 11.4. The molecule has 2 rings (SSSR count). The molecular formula is C14H16N2O2S. The van der Waals surface area contributed by atoms with E-state index in [0.29, 0.717) is 5.56 Å². The Labute approximate surface area is 113 Å². The molecule has 0 saturated heterocycles. The third kappa shape index (κ3) is 3.33. The second-order valence-electron chi connectivity index (χ2n) is 4.05. The molecule has 0 aliphatic heterocycles. The third-order valence-electron chi connectivity index (χ3n) is 2.77. The summed E-state index contributed by atoms with van der Waals surface area (Å²) in [6, 6.07) is 18.3. The molecule has 0 aromatic heterocycles. The lowest BCUT2D eigenvalue weighted by molar-refractivity contribution is 0.579. The predicted octanol–water partition coefficient (Wildman–Crippen LogP) is 2.35. The van der Waals surface area contributed by atoms with Crippen molar-refractivity contribution in [1.29, 1.82) is 0 Å². The molecule has 5 heteroatoms. The minimum atomic E-state index is -3.47. The number of anilines is 1. The summed E-state index contributed by atoms with van der Waals surface area (Å²) in [5, 5.41) is 2.22. The lowest BCUT2D eigenvalue weighted by Gasteiger charge is -2.20. The van der Waals surface area contributed by atoms with Gasteiger partial charge in [0.25, 0.3) is 0 Å². The molecule has 0 aliphatic carbocycles. The normalized spacial score (nSPS) is 12.9. The molecular weight excluding hydrogens is 260 g/mol. The van der Waals surface area contributed by atoms with Gasteiger partial charge in [-0.2, -0.15) is 0 Å². The Hall–Kier alpha value is -1.85. The van der Waals surface area contributed by atoms with Crippen molar-refractivity contribution in [2.75, 3.05) is 12.4 Å². The standard InChI is InChI=1S/C14H16N2O2S/c1-15-19(17,18)14(12-8-4-2-5-9-12)16-13-10-6-3-7-11-13/h2-11,14-16H,1H3. The summed E-state index contributed by atoms with van der Waals surface area (Å²) in [6.07, 6.45) is 0. The average Bonchev–Trinajstić information content (AvgIpc) is 2.46. The second kappa shape index (κ2) is 5.86. The molecule has 2 N–H and O–H groups in total. The van der Waals surface area contributed by atoms with E-state index >= 15 is 0 Å². The van der Waals surface area contributed by atoms with Gasteiger partial charge >= 0.3 is 0 Å². The van der Waals surface area contributed by atoms with Crippen LogP contribution in [0.25, 0.3) is 0 Å². The van der Waals surface area contributed by atoms with Crippen LogP contribution in [0, 0.1) is 0 Å². The largest absolute Gasteiger partial charge is 0.364 e. The van der Waals surface area contributed by atoms with Gasteiger partial charge in [-0.15, -0.1) is 0 Å². The topological polar surface area (TPSA) is 58.2 Å². The Kier molecular flexibility index (Phi) is 4.19. The average molecular weight is 276 g/mol. The van der Waals surface area contributed by atoms with Crippen LogP contribution in [0.4, 0.5) is 5.69 Å². The summed E-state index contributed by atoms with van der Waals surface area (Å²) in [7, 11) is -2.06. The molecule has 0 fully saturated rings. The Bertz CT molecular complexity index is 612. The Balaban J connectivity index is 2.36. The van der Waals surface area contributed by atoms with Gasteiger partial charge in [0, 0.05) is 5.69 Å². The van der Waals surface area contributed by atoms with E-state index in [2.05, 4.69) is 10.0 Å². The minimum Gasteiger partial charge on any atom is -0.364 e. The Morgan fingerprint density at radius 1 is 0.895 bits per heavy atom. The molecule has 0 saturated carbocycles. The number of sulfonamides is 1. The number of hydrogen-bond donors (Lipinski definition) is 2. The van der Waals surface area contributed by atoms with E-state index in [9.17, 15) is 8.42 Å². The van der Waals surface area contributed by atoms with Gasteiger partial charge in [0.15, 0.2) is 5.37 Å². The molecule has 2 aromatic carbocycles. The highest BCUT2D eigenvalue weighted by Gasteiger charge is 2.25. The molecule has 0 spiro atoms. The first-order valence-electron chi connectivity index (χ1n) is 5.92. The molecule has 1 atom stereocenters. The van der Waals surface area contributed by atoms with Gasteiger partial charge in [-0.05, 0) is 24.7 Å². The zero-order chi connectivity index (χ0) is 13.7. The van der Waals surface area contributed by atoms with Gasteiger partial charge in [-0.25, -0.2) is 13.1 Å². The van der Waals surface area contributed by atoms with Crippen LogP contribution in [0.2, 0.25) is 0 Å². The van der Waals surface area contributed by atoms with Gasteiger partial charge in [-0.3, -0.25) is 0 Å². The smallest absolute Gasteiger partial charge is 0.236 e. The van der Waals surface area contributed by atoms with E-state index in [4.69, 9.17) is 0 Å². The predicted molar refractivity (Wildman–Crippen MR) is 77.2 cm³/mol. The van der Waals surface area contributed by atoms with E-state index < -0.39 is 15.4 Å². The Morgan fingerprint density at radius 3 is 1.95 bits per heavy atom. The van der Waals surface area contributed by atoms with E-state index in [1.807, 2.05) is 48.5 Å². The monoisotopic (exact) mass is 276 g/mol. The quantitative estimate of drug-likeness (QED) is 0.881. The van der Waals surface area contributed by atoms with Crippen LogP contribution in [-0.2, 0) is 10.0 Å². The SMILES string of the molecule is CNS(=O)(=O)C(Nc1ccccc1)c1ccccc1. The highest BCUT2D eigenvalue weighted by Crippen LogP contribution is 2.23. The zero-order valence-electron chi connectivity index (χ0n) is 10.6. The van der Waals surface area contributed by atoms with Crippen LogP contribution in [-0.4, -0.2) is 15.5 Å². The van der Waals surface area contributed by atoms with Gasteiger partial charge < -0.3 is 5.32 Å². The van der Waals surface area contributed by atoms with Crippen LogP contribution < -0.4 is 10.0 Å². The fraction of sp³-hybridized carbons (Fsp3) is 0.143. The molecule has 1 unspecified atom stereocenters. The molecule has 4 nitrogen and oxygen atoms in total. The van der Waals surface area contributed by atoms with E-state index in [1.165, 1.54) is 7.05 Å². The lowest BCUT2D eigenvalue weighted by atomic mass is 10.2. The van der Waals surface area contributed by atoms with Crippen LogP contribution in [0.1, 0.15) is 10.9 Å². The van der Waals surface area contributed by atoms with Crippen LogP contribution in [0.5, 0.6) is 0 Å². The molecule has 19 heavy (non-hydrogen) atoms. The highest BCUT2D eigenvalue weighted by molar-refractivity contribution is 7.89. The first-order valence-corrected chi connectivity index (χ1v) is 7.47. The maximum atomic E-state index is 12.1. The molecule has 0 amide bonds. The second-order valence-corrected chi connectivity index (χ2v) is 6.02. The van der Waals surface area contributed by atoms with E-state index in [1.54, 1.807) is 12.1 Å². The molecule has 100 valence electrons. The van der Waals surface area contributed by atoms with Crippen molar-refractivity contribution >= 4 is 15.7 Å². The first kappa shape index (κ1) is 13.6. The first-order chi connectivity index (χ1) is 9.13. The van der Waals surface area contributed by atoms with Gasteiger partial charge in [0.2, 0.25) is 10.0 Å². The number of benzene rings is 2. The molecule has 0 bridgehead atoms. The minimum absolute atomic E-state index is 0.695. The molecule has 2 aromatic rings. The molecule has 0 heterocycles. The van der Waals surface area contributed by atoms with Crippen molar-refractivity contribution in [2.45, 2.75) is 5.37 Å². The van der Waals surface area contributed by atoms with Crippen molar-refractivity contribution < 1.29 is 8.42 Å². The molecule has 0 aliphatic rings. The van der Waals surface area contributed by atoms with E-state index in [-0.39, 0.29) is 0 Å². The number of hydrogen-bond acceptors (Lipinski definition) is 3. The summed E-state index contributed by atoms with van der Waals surface area (Å²) >= 11 is 0. The van der Waals surface area contributed by atoms with Gasteiger partial charge in [0.1, 0.15) is 0 Å². The van der Waals surface area contributed by atoms with Gasteiger partial charge in [0.05, 0.1) is 0 Å². The molecule has 0 radical (unpaired) electrons. The van der Waals surface area contributed by atoms with Crippen molar-refractivity contribution in [1.82, 2.24) is 4.72 Å². The summed E-state index contributed by atoms with van der Waals surface area (Å²) in [5.74, 6) is 0. The maximum absolute atomic E-state index is 12.1. The summed E-state index contributed by atoms with van der Waals surface area (Å²) in [4.78, 5) is 0. The maximum Gasteiger partial charge on any atom is 0.236 e. The van der Waals surface area contributed by atoms with Crippen LogP contribution in [0.15, 0.2) is 60.7 Å². The number of para-hydroxylation sites is 1. The number of nitrogens with one attached hydrogen (secondary N) is 2. The number of rotatable bonds is 5. The summed E-state index contributed by atoms with van der Waals surface area (Å²) in [5.41, 5.74) is 1.45. The summed E-state index contributed by atoms with van der Waals surface area (Å²) < 4.78 is 26.6. The van der Waals surface area contributed by atoms with Crippen molar-refractivity contribution in [3.05, 3.63) is 66.2 Å². The fourth-order valence-electron chi connectivity index (χ4n) is 1.77. The van der Waals surface area contributed by atoms with Gasteiger partial charge in [-0.1, -0.05) is 48.5 Å². The lowest BCUT2D eigenvalue weighted by Crippen LogP contribution is -2.30. The van der Waals surface area contributed by atoms with E-state index in [0.717, 1.165) is 5.69 Å². The summed E-state index contributed by atoms with van der Waals surface area (Å²) in [6.45, 7) is 0. The fourth-order valence-corrected chi connectivity index (χ4v) is 2.81. The third-order valence-corrected chi connectivity index (χ3v) is 4.35. The highest BCUT2D eigenvalue weighted by atomic mass is 32.2. The van der Waals surface area contributed by atoms with Crippen molar-refractivity contribution in [2.24, 2.45) is 0 Å². The van der Waals surface area contributed by atoms with Crippen molar-refractivity contribution in [3.63, 3.8) is 0 Å².